The zero-order valence-corrected chi connectivity index (χ0v) is 12.9. The monoisotopic (exact) mass is 294 g/mol. The highest BCUT2D eigenvalue weighted by Crippen LogP contribution is 2.23. The Bertz CT molecular complexity index is 513. The molecule has 0 aliphatic heterocycles. The van der Waals surface area contributed by atoms with Crippen molar-refractivity contribution < 1.29 is 0 Å². The van der Waals surface area contributed by atoms with Crippen molar-refractivity contribution >= 4 is 34.7 Å². The smallest absolute Gasteiger partial charge is 0.191 e. The molecule has 2 N–H and O–H groups in total. The first-order valence-electron chi connectivity index (χ1n) is 6.18. The van der Waals surface area contributed by atoms with Gasteiger partial charge in [-0.1, -0.05) is 11.8 Å². The van der Waals surface area contributed by atoms with E-state index < -0.39 is 0 Å². The third kappa shape index (κ3) is 3.84. The van der Waals surface area contributed by atoms with Crippen molar-refractivity contribution in [2.45, 2.75) is 25.0 Å². The fourth-order valence-corrected chi connectivity index (χ4v) is 2.82. The Balaban J connectivity index is 2.16. The third-order valence-electron chi connectivity index (χ3n) is 2.65. The average Bonchev–Trinajstić information content (AvgIpc) is 2.92. The Morgan fingerprint density at radius 2 is 2.16 bits per heavy atom. The number of thiophene rings is 1. The molecule has 6 heteroatoms. The third-order valence-corrected chi connectivity index (χ3v) is 3.90. The van der Waals surface area contributed by atoms with E-state index in [1.807, 2.05) is 12.3 Å². The molecule has 4 nitrogen and oxygen atoms in total. The van der Waals surface area contributed by atoms with Gasteiger partial charge >= 0.3 is 0 Å². The first kappa shape index (κ1) is 14.1. The predicted molar refractivity (Wildman–Crippen MR) is 84.3 cm³/mol. The standard InChI is InChI=1S/C13H18N4S2/c1-4-14-11-7-12(17-13(16-11)18-3)15-9(2)10-5-6-19-8-10/h5-9H,4H2,1-3H3,(H2,14,15,16,17). The van der Waals surface area contributed by atoms with Crippen LogP contribution in [0.4, 0.5) is 11.6 Å². The number of hydrogen-bond acceptors (Lipinski definition) is 6. The summed E-state index contributed by atoms with van der Waals surface area (Å²) in [5.41, 5.74) is 1.28. The van der Waals surface area contributed by atoms with Crippen LogP contribution in [0.5, 0.6) is 0 Å². The molecule has 2 heterocycles. The van der Waals surface area contributed by atoms with Crippen LogP contribution >= 0.6 is 23.1 Å². The van der Waals surface area contributed by atoms with E-state index in [4.69, 9.17) is 0 Å². The van der Waals surface area contributed by atoms with Crippen LogP contribution in [0.1, 0.15) is 25.5 Å². The first-order valence-corrected chi connectivity index (χ1v) is 8.35. The van der Waals surface area contributed by atoms with Crippen molar-refractivity contribution in [3.05, 3.63) is 28.5 Å². The second-order valence-corrected chi connectivity index (χ2v) is 5.63. The Hall–Kier alpha value is -1.27. The zero-order chi connectivity index (χ0) is 13.7. The molecule has 0 radical (unpaired) electrons. The number of hydrogen-bond donors (Lipinski definition) is 2. The van der Waals surface area contributed by atoms with Crippen molar-refractivity contribution in [3.8, 4) is 0 Å². The molecule has 19 heavy (non-hydrogen) atoms. The lowest BCUT2D eigenvalue weighted by molar-refractivity contribution is 0.859. The van der Waals surface area contributed by atoms with Gasteiger partial charge in [0.15, 0.2) is 5.16 Å². The van der Waals surface area contributed by atoms with E-state index in [1.165, 1.54) is 5.56 Å². The van der Waals surface area contributed by atoms with Gasteiger partial charge < -0.3 is 10.6 Å². The highest BCUT2D eigenvalue weighted by atomic mass is 32.2. The van der Waals surface area contributed by atoms with E-state index in [1.54, 1.807) is 23.1 Å². The van der Waals surface area contributed by atoms with Crippen LogP contribution in [0.2, 0.25) is 0 Å². The molecule has 0 fully saturated rings. The van der Waals surface area contributed by atoms with E-state index in [-0.39, 0.29) is 6.04 Å². The number of rotatable bonds is 6. The van der Waals surface area contributed by atoms with Crippen LogP contribution in [-0.4, -0.2) is 22.8 Å². The quantitative estimate of drug-likeness (QED) is 0.626. The van der Waals surface area contributed by atoms with Crippen molar-refractivity contribution in [2.24, 2.45) is 0 Å². The van der Waals surface area contributed by atoms with Crippen molar-refractivity contribution in [1.82, 2.24) is 9.97 Å². The Morgan fingerprint density at radius 1 is 1.37 bits per heavy atom. The fraction of sp³-hybridized carbons (Fsp3) is 0.385. The minimum absolute atomic E-state index is 0.241. The molecule has 0 aliphatic carbocycles. The van der Waals surface area contributed by atoms with Gasteiger partial charge in [-0.05, 0) is 42.5 Å². The van der Waals surface area contributed by atoms with Crippen LogP contribution < -0.4 is 10.6 Å². The summed E-state index contributed by atoms with van der Waals surface area (Å²) in [5, 5.41) is 11.7. The molecule has 0 bridgehead atoms. The minimum atomic E-state index is 0.241. The van der Waals surface area contributed by atoms with Crippen molar-refractivity contribution in [1.29, 1.82) is 0 Å². The molecule has 0 amide bonds. The summed E-state index contributed by atoms with van der Waals surface area (Å²) in [5.74, 6) is 1.72. The maximum absolute atomic E-state index is 4.49. The number of nitrogens with zero attached hydrogens (tertiary/aromatic N) is 2. The second-order valence-electron chi connectivity index (χ2n) is 4.08. The number of thioether (sulfide) groups is 1. The molecule has 0 aromatic carbocycles. The number of anilines is 2. The maximum Gasteiger partial charge on any atom is 0.191 e. The molecule has 102 valence electrons. The molecule has 0 aliphatic rings. The van der Waals surface area contributed by atoms with Gasteiger partial charge in [0, 0.05) is 12.6 Å². The van der Waals surface area contributed by atoms with E-state index in [9.17, 15) is 0 Å². The lowest BCUT2D eigenvalue weighted by atomic mass is 10.2. The predicted octanol–water partition coefficient (Wildman–Crippen LogP) is 3.86. The summed E-state index contributed by atoms with van der Waals surface area (Å²) in [4.78, 5) is 8.90. The fourth-order valence-electron chi connectivity index (χ4n) is 1.69. The summed E-state index contributed by atoms with van der Waals surface area (Å²) in [7, 11) is 0. The lowest BCUT2D eigenvalue weighted by Gasteiger charge is -2.15. The summed E-state index contributed by atoms with van der Waals surface area (Å²) in [6.07, 6.45) is 1.98. The largest absolute Gasteiger partial charge is 0.370 e. The normalized spacial score (nSPS) is 12.2. The van der Waals surface area contributed by atoms with Gasteiger partial charge in [0.1, 0.15) is 11.6 Å². The van der Waals surface area contributed by atoms with E-state index in [0.717, 1.165) is 23.3 Å². The molecule has 2 aromatic rings. The van der Waals surface area contributed by atoms with Gasteiger partial charge in [0.2, 0.25) is 0 Å². The molecule has 2 aromatic heterocycles. The lowest BCUT2D eigenvalue weighted by Crippen LogP contribution is -2.09. The Labute approximate surface area is 122 Å². The van der Waals surface area contributed by atoms with E-state index in [2.05, 4.69) is 51.3 Å². The zero-order valence-electron chi connectivity index (χ0n) is 11.3. The highest BCUT2D eigenvalue weighted by Gasteiger charge is 2.09. The van der Waals surface area contributed by atoms with Gasteiger partial charge in [0.05, 0.1) is 6.04 Å². The van der Waals surface area contributed by atoms with Crippen LogP contribution in [-0.2, 0) is 0 Å². The summed E-state index contributed by atoms with van der Waals surface area (Å²) in [6.45, 7) is 5.04. The van der Waals surface area contributed by atoms with E-state index >= 15 is 0 Å². The van der Waals surface area contributed by atoms with Gasteiger partial charge in [-0.15, -0.1) is 0 Å². The first-order chi connectivity index (χ1) is 9.22. The maximum atomic E-state index is 4.49. The van der Waals surface area contributed by atoms with Gasteiger partial charge in [-0.2, -0.15) is 11.3 Å². The van der Waals surface area contributed by atoms with Gasteiger partial charge in [0.25, 0.3) is 0 Å². The minimum Gasteiger partial charge on any atom is -0.370 e. The molecule has 1 unspecified atom stereocenters. The SMILES string of the molecule is CCNc1cc(NC(C)c2ccsc2)nc(SC)n1. The summed E-state index contributed by atoms with van der Waals surface area (Å²) in [6, 6.07) is 4.32. The van der Waals surface area contributed by atoms with Crippen LogP contribution in [0.15, 0.2) is 28.0 Å². The number of nitrogens with one attached hydrogen (secondary N) is 2. The molecular weight excluding hydrogens is 276 g/mol. The number of aromatic nitrogens is 2. The Morgan fingerprint density at radius 3 is 2.79 bits per heavy atom. The molecule has 0 spiro atoms. The van der Waals surface area contributed by atoms with Crippen LogP contribution in [0, 0.1) is 0 Å². The second kappa shape index (κ2) is 6.77. The van der Waals surface area contributed by atoms with Gasteiger partial charge in [-0.25, -0.2) is 9.97 Å². The molecule has 2 rings (SSSR count). The topological polar surface area (TPSA) is 49.8 Å². The average molecular weight is 294 g/mol. The molecule has 0 saturated heterocycles. The molecule has 0 saturated carbocycles. The summed E-state index contributed by atoms with van der Waals surface area (Å²) >= 11 is 3.26. The van der Waals surface area contributed by atoms with Crippen molar-refractivity contribution in [3.63, 3.8) is 0 Å². The van der Waals surface area contributed by atoms with Crippen LogP contribution in [0.3, 0.4) is 0 Å². The highest BCUT2D eigenvalue weighted by molar-refractivity contribution is 7.98. The van der Waals surface area contributed by atoms with Crippen LogP contribution in [0.25, 0.3) is 0 Å². The molecule has 1 atom stereocenters. The van der Waals surface area contributed by atoms with E-state index in [0.29, 0.717) is 0 Å². The molecular formula is C13H18N4S2. The summed E-state index contributed by atoms with van der Waals surface area (Å²) < 4.78 is 0. The van der Waals surface area contributed by atoms with Crippen molar-refractivity contribution in [2.75, 3.05) is 23.4 Å². The van der Waals surface area contributed by atoms with Gasteiger partial charge in [-0.3, -0.25) is 0 Å². The Kier molecular flexibility index (Phi) is 5.04.